The fourth-order valence-corrected chi connectivity index (χ4v) is 16.9. The first kappa shape index (κ1) is 119. The van der Waals surface area contributed by atoms with Crippen molar-refractivity contribution in [1.82, 2.24) is 19.9 Å². The number of allylic oxidation sites excluding steroid dienone is 8. The van der Waals surface area contributed by atoms with Crippen LogP contribution in [0, 0.1) is 37.0 Å². The van der Waals surface area contributed by atoms with Crippen LogP contribution in [0.3, 0.4) is 0 Å². The number of fused-ring (bicyclic) bond motifs is 4. The maximum Gasteiger partial charge on any atom is 0.399 e. The molecule has 4 heterocycles. The van der Waals surface area contributed by atoms with Gasteiger partial charge in [-0.25, -0.2) is 4.39 Å². The Hall–Kier alpha value is -8.99. The molecular weight excluding hydrogens is 2440 g/mol. The average molecular weight is 2560 g/mol. The van der Waals surface area contributed by atoms with Crippen LogP contribution in [0.5, 0.6) is 5.75 Å². The number of ketones is 4. The minimum Gasteiger partial charge on any atom is -0.516 e. The number of hydrogen-bond acceptors (Lipinski definition) is 13. The molecule has 0 saturated heterocycles. The van der Waals surface area contributed by atoms with Gasteiger partial charge in [0.2, 0.25) is 0 Å². The van der Waals surface area contributed by atoms with E-state index in [-0.39, 0.29) is 155 Å². The van der Waals surface area contributed by atoms with Crippen LogP contribution in [-0.4, -0.2) is 103 Å². The number of nitrogens with zero attached hydrogens (tertiary/aromatic N) is 4. The van der Waals surface area contributed by atoms with E-state index in [2.05, 4.69) is 238 Å². The maximum atomic E-state index is 13.3. The van der Waals surface area contributed by atoms with Gasteiger partial charge in [-0.2, -0.15) is 26.3 Å². The second-order valence-electron chi connectivity index (χ2n) is 35.6. The number of carbonyl (C=O) groups excluding carboxylic acids is 4. The number of methoxy groups -OCH3 is 1. The van der Waals surface area contributed by atoms with Gasteiger partial charge < -0.3 is 25.2 Å². The number of benzene rings is 8. The van der Waals surface area contributed by atoms with Gasteiger partial charge in [-0.05, 0) is 147 Å². The Bertz CT molecular complexity index is 5850. The van der Waals surface area contributed by atoms with E-state index in [9.17, 15) is 49.9 Å². The van der Waals surface area contributed by atoms with Crippen LogP contribution in [-0.2, 0) is 124 Å². The number of rotatable bonds is 14. The number of carbonyl (C=O) groups is 4. The zero-order valence-electron chi connectivity index (χ0n) is 78.4. The van der Waals surface area contributed by atoms with Crippen molar-refractivity contribution in [1.29, 1.82) is 0 Å². The Morgan fingerprint density at radius 1 is 0.392 bits per heavy atom. The van der Waals surface area contributed by atoms with Gasteiger partial charge in [-0.1, -0.05) is 243 Å². The smallest absolute Gasteiger partial charge is 0.399 e. The summed E-state index contributed by atoms with van der Waals surface area (Å²) in [6, 6.07) is 66.6. The van der Waals surface area contributed by atoms with Gasteiger partial charge in [0, 0.05) is 116 Å². The van der Waals surface area contributed by atoms with Crippen LogP contribution in [0.2, 0.25) is 78.6 Å². The van der Waals surface area contributed by atoms with Crippen molar-refractivity contribution in [3.05, 3.63) is 281 Å². The molecule has 0 atom stereocenters. The first-order chi connectivity index (χ1) is 58.1. The van der Waals surface area contributed by atoms with Crippen molar-refractivity contribution in [3.63, 3.8) is 0 Å². The first-order valence-electron chi connectivity index (χ1n) is 40.9. The molecule has 0 aliphatic rings. The Kier molecular flexibility index (Phi) is 47.5. The summed E-state index contributed by atoms with van der Waals surface area (Å²) >= 11 is 0. The summed E-state index contributed by atoms with van der Waals surface area (Å²) in [5.74, 6) is 0.232. The summed E-state index contributed by atoms with van der Waals surface area (Å²) in [4.78, 5) is 58.8. The predicted octanol–water partition coefficient (Wildman–Crippen LogP) is 25.5. The molecule has 12 rings (SSSR count). The molecule has 4 aromatic heterocycles. The largest absolute Gasteiger partial charge is 0.516 e. The molecule has 0 fully saturated rings. The molecule has 4 radical (unpaired) electrons. The second-order valence-corrected chi connectivity index (χ2v) is 56.0. The quantitative estimate of drug-likeness (QED) is 0.0263. The minimum absolute atomic E-state index is 0. The average Bonchev–Trinajstić information content (AvgIpc) is 0.782. The van der Waals surface area contributed by atoms with E-state index >= 15 is 0 Å². The standard InChI is InChI=1S/C24H30NSi.C20H16F6NSi.C20H22NOSi.C18H17FNSi.4C5H8O2.4Ir/c1-8-17-14-19-16-21(26(5,6)7)12-13-22(19)25-23(17)18-10-9-11-20(15-18)24(2,3)4;1-28(2,3)16-5-7-17-12(10-16)4-6-18(27-17)13-8-14(19(21,22)23)11-15(9-13)20(24,25)26;1-14-10-16(12-17(11-14)22-2)20-8-6-15-13-18(23(3,4)5)7-9-19(15)21-20;1-21(2,3)16-8-10-18-14(12-16)7-9-17(20-18)13-5-4-6-15(19)11-13;4*1-4(6)3-5(2)7;;;;/h9,11-16H,8H2,1-7H3;4-8,10-11H,1-3H3;6-11,13H,1-5H3;4,6-12H,1-3H3;4*3,6H,1-2H3;;;;/q4*-1;;;;;;;;. The Balaban J connectivity index is 0.000000782. The minimum atomic E-state index is -4.95. The van der Waals surface area contributed by atoms with Gasteiger partial charge in [0.15, 0.2) is 23.1 Å². The molecule has 0 spiro atoms. The normalized spacial score (nSPS) is 11.8. The van der Waals surface area contributed by atoms with E-state index in [0.29, 0.717) is 17.1 Å². The zero-order chi connectivity index (χ0) is 95.1. The van der Waals surface area contributed by atoms with Crippen molar-refractivity contribution in [3.8, 4) is 50.8 Å². The number of aryl methyl sites for hydroxylation is 2. The van der Waals surface area contributed by atoms with Crippen molar-refractivity contribution >= 4 is 120 Å². The molecule has 0 bridgehead atoms. The SMILES string of the molecule is CC(=O)C=C(C)O.CC(=O)C=C(C)O.CC(=O)C=C(C)O.CC(=O)C=C(C)O.CCc1cc2cc([Si](C)(C)C)ccc2nc1-c1[c-]ccc(C(C)(C)C)c1.COc1[c-]c(-c2ccc3cc([Si](C)(C)C)ccc3n2)cc(C)c1.C[Si](C)(C)c1ccc2nc(-c3[c-]c(C(F)(F)F)cc(C(F)(F)F)c3)ccc2c1.C[Si](C)(C)c1ccc2nc(-c3[c-]ccc(F)c3)ccc2c1.[Ir].[Ir].[Ir].[Ir]. The fraction of sp³-hybridized carbons (Fsp3) is 0.294. The number of halogens is 7. The number of ether oxygens (including phenoxy) is 1. The molecule has 0 amide bonds. The molecule has 704 valence electrons. The van der Waals surface area contributed by atoms with Crippen molar-refractivity contribution in [2.45, 2.75) is 193 Å². The van der Waals surface area contributed by atoms with E-state index < -0.39 is 55.8 Å². The number of aliphatic hydroxyl groups is 4. The van der Waals surface area contributed by atoms with E-state index in [4.69, 9.17) is 35.1 Å². The molecule has 4 N–H and O–H groups in total. The maximum absolute atomic E-state index is 13.3. The van der Waals surface area contributed by atoms with Gasteiger partial charge in [-0.3, -0.25) is 39.1 Å². The van der Waals surface area contributed by atoms with E-state index in [0.717, 1.165) is 73.3 Å². The number of hydrogen-bond donors (Lipinski definition) is 4. The van der Waals surface area contributed by atoms with Crippen molar-refractivity contribution in [2.24, 2.45) is 0 Å². The number of aliphatic hydroxyl groups excluding tert-OH is 4. The van der Waals surface area contributed by atoms with Crippen molar-refractivity contribution < 1.29 is 155 Å². The van der Waals surface area contributed by atoms with E-state index in [1.807, 2.05) is 36.4 Å². The Morgan fingerprint density at radius 3 is 1.05 bits per heavy atom. The monoisotopic (exact) mass is 2560 g/mol. The summed E-state index contributed by atoms with van der Waals surface area (Å²) in [5, 5.41) is 43.4. The molecule has 13 nitrogen and oxygen atoms in total. The van der Waals surface area contributed by atoms with Crippen LogP contribution in [0.15, 0.2) is 223 Å². The predicted molar refractivity (Wildman–Crippen MR) is 514 cm³/mol. The number of alkyl halides is 6. The van der Waals surface area contributed by atoms with E-state index in [1.165, 1.54) is 141 Å². The van der Waals surface area contributed by atoms with Gasteiger partial charge in [0.05, 0.1) is 84.5 Å². The molecule has 28 heteroatoms. The third-order valence-electron chi connectivity index (χ3n) is 18.7. The van der Waals surface area contributed by atoms with E-state index in [1.54, 1.807) is 25.3 Å². The van der Waals surface area contributed by atoms with Gasteiger partial charge in [0.25, 0.3) is 0 Å². The molecule has 8 aromatic carbocycles. The molecule has 0 unspecified atom stereocenters. The third-order valence-corrected chi connectivity index (χ3v) is 26.9. The molecule has 0 aliphatic heterocycles. The van der Waals surface area contributed by atoms with Crippen molar-refractivity contribution in [2.75, 3.05) is 7.11 Å². The summed E-state index contributed by atoms with van der Waals surface area (Å²) in [6.07, 6.45) is -4.21. The number of aromatic nitrogens is 4. The van der Waals surface area contributed by atoms with Gasteiger partial charge in [0.1, 0.15) is 0 Å². The topological polar surface area (TPSA) is 210 Å². The molecule has 0 saturated carbocycles. The molecule has 130 heavy (non-hydrogen) atoms. The summed E-state index contributed by atoms with van der Waals surface area (Å²) < 4.78 is 97.0. The van der Waals surface area contributed by atoms with Crippen LogP contribution in [0.25, 0.3) is 88.6 Å². The fourth-order valence-electron chi connectivity index (χ4n) is 12.2. The third kappa shape index (κ3) is 39.8. The Labute approximate surface area is 820 Å². The number of pyridine rings is 4. The summed E-state index contributed by atoms with van der Waals surface area (Å²) in [5.41, 5.74) is 9.74. The summed E-state index contributed by atoms with van der Waals surface area (Å²) in [6.45, 7) is 50.2. The van der Waals surface area contributed by atoms with Crippen LogP contribution in [0.1, 0.15) is 111 Å². The molecular formula is C102H117F7Ir4N4O9Si4-4. The van der Waals surface area contributed by atoms with Gasteiger partial charge >= 0.3 is 12.4 Å². The second kappa shape index (κ2) is 51.9. The van der Waals surface area contributed by atoms with Gasteiger partial charge in [-0.15, -0.1) is 106 Å². The molecule has 12 aromatic rings. The summed E-state index contributed by atoms with van der Waals surface area (Å²) in [7, 11) is -3.84. The molecule has 0 aliphatic carbocycles. The Morgan fingerprint density at radius 2 is 0.731 bits per heavy atom. The van der Waals surface area contributed by atoms with Crippen LogP contribution < -0.4 is 25.5 Å². The first-order valence-corrected chi connectivity index (χ1v) is 54.9. The van der Waals surface area contributed by atoms with Crippen LogP contribution >= 0.6 is 0 Å². The zero-order valence-corrected chi connectivity index (χ0v) is 91.9. The van der Waals surface area contributed by atoms with Crippen LogP contribution in [0.4, 0.5) is 30.7 Å².